The lowest BCUT2D eigenvalue weighted by Crippen LogP contribution is -2.10. The molecule has 0 saturated carbocycles. The van der Waals surface area contributed by atoms with Crippen LogP contribution in [0.5, 0.6) is 5.75 Å². The summed E-state index contributed by atoms with van der Waals surface area (Å²) >= 11 is 0. The van der Waals surface area contributed by atoms with E-state index in [0.29, 0.717) is 12.0 Å². The Labute approximate surface area is 152 Å². The second-order valence-electron chi connectivity index (χ2n) is 5.95. The van der Waals surface area contributed by atoms with Gasteiger partial charge in [0.2, 0.25) is 0 Å². The molecule has 0 heterocycles. The normalized spacial score (nSPS) is 10.9. The number of ether oxygens (including phenoxy) is 1. The van der Waals surface area contributed by atoms with Crippen LogP contribution in [0.25, 0.3) is 0 Å². The molecule has 0 N–H and O–H groups in total. The summed E-state index contributed by atoms with van der Waals surface area (Å²) in [6.45, 7) is 5.20. The summed E-state index contributed by atoms with van der Waals surface area (Å²) in [5.74, 6) is -0.666. The number of nitro benzene ring substituents is 2. The van der Waals surface area contributed by atoms with E-state index < -0.39 is 27.2 Å². The van der Waals surface area contributed by atoms with Gasteiger partial charge in [0.15, 0.2) is 0 Å². The quantitative estimate of drug-likeness (QED) is 0.147. The Bertz CT molecular complexity index is 712. The minimum atomic E-state index is -0.830. The Balaban J connectivity index is 3.31. The highest BCUT2D eigenvalue weighted by Gasteiger charge is 2.32. The first-order valence-corrected chi connectivity index (χ1v) is 8.63. The zero-order valence-electron chi connectivity index (χ0n) is 15.3. The molecular weight excluding hydrogens is 340 g/mol. The number of benzene rings is 1. The standard InChI is InChI=1S/C18H24N2O6/c1-4-6-7-8-9-11-14-13(3)18(20(24)25)15(19(22)23)12-16(14)26-17(21)10-5-2/h5,10,12H,4,6-9,11H2,1-3H3. The van der Waals surface area contributed by atoms with Gasteiger partial charge in [-0.3, -0.25) is 20.2 Å². The lowest BCUT2D eigenvalue weighted by atomic mass is 9.98. The van der Waals surface area contributed by atoms with Crippen molar-refractivity contribution in [1.82, 2.24) is 0 Å². The number of rotatable bonds is 10. The topological polar surface area (TPSA) is 113 Å². The van der Waals surface area contributed by atoms with Gasteiger partial charge in [-0.1, -0.05) is 38.7 Å². The third-order valence-corrected chi connectivity index (χ3v) is 4.04. The third kappa shape index (κ3) is 5.65. The van der Waals surface area contributed by atoms with Crippen LogP contribution in [-0.4, -0.2) is 15.8 Å². The first-order chi connectivity index (χ1) is 12.3. The number of carbonyl (C=O) groups is 1. The predicted molar refractivity (Wildman–Crippen MR) is 97.4 cm³/mol. The van der Waals surface area contributed by atoms with Crippen LogP contribution in [0.4, 0.5) is 11.4 Å². The first-order valence-electron chi connectivity index (χ1n) is 8.63. The van der Waals surface area contributed by atoms with Gasteiger partial charge < -0.3 is 4.74 Å². The lowest BCUT2D eigenvalue weighted by molar-refractivity contribution is -0.422. The Morgan fingerprint density at radius 1 is 1.15 bits per heavy atom. The highest BCUT2D eigenvalue weighted by molar-refractivity contribution is 5.84. The molecule has 142 valence electrons. The predicted octanol–water partition coefficient (Wildman–Crippen LogP) is 4.81. The molecule has 0 spiro atoms. The van der Waals surface area contributed by atoms with Gasteiger partial charge in [0.25, 0.3) is 0 Å². The van der Waals surface area contributed by atoms with E-state index in [4.69, 9.17) is 4.74 Å². The summed E-state index contributed by atoms with van der Waals surface area (Å²) in [6.07, 6.45) is 8.04. The molecule has 26 heavy (non-hydrogen) atoms. The molecule has 8 heteroatoms. The molecule has 1 rings (SSSR count). The molecule has 0 amide bonds. The highest BCUT2D eigenvalue weighted by atomic mass is 16.6. The van der Waals surface area contributed by atoms with Crippen molar-refractivity contribution < 1.29 is 19.4 Å². The Morgan fingerprint density at radius 3 is 2.35 bits per heavy atom. The minimum absolute atomic E-state index is 0.0124. The van der Waals surface area contributed by atoms with E-state index in [-0.39, 0.29) is 11.3 Å². The van der Waals surface area contributed by atoms with Gasteiger partial charge in [-0.05, 0) is 26.7 Å². The molecule has 1 aromatic carbocycles. The van der Waals surface area contributed by atoms with Gasteiger partial charge in [0.05, 0.1) is 15.9 Å². The number of nitrogens with zero attached hydrogens (tertiary/aromatic N) is 2. The molecule has 0 bridgehead atoms. The van der Waals surface area contributed by atoms with Crippen molar-refractivity contribution >= 4 is 17.3 Å². The molecule has 0 aliphatic rings. The average Bonchev–Trinajstić information content (AvgIpc) is 2.56. The molecule has 8 nitrogen and oxygen atoms in total. The van der Waals surface area contributed by atoms with Gasteiger partial charge in [0.1, 0.15) is 5.75 Å². The Kier molecular flexibility index (Phi) is 8.41. The van der Waals surface area contributed by atoms with Gasteiger partial charge >= 0.3 is 17.3 Å². The van der Waals surface area contributed by atoms with Crippen molar-refractivity contribution in [3.63, 3.8) is 0 Å². The summed E-state index contributed by atoms with van der Waals surface area (Å²) < 4.78 is 5.22. The van der Waals surface area contributed by atoms with Crippen LogP contribution in [0.15, 0.2) is 18.2 Å². The van der Waals surface area contributed by atoms with Crippen LogP contribution in [-0.2, 0) is 11.2 Å². The highest BCUT2D eigenvalue weighted by Crippen LogP contribution is 2.39. The van der Waals surface area contributed by atoms with Crippen LogP contribution < -0.4 is 4.74 Å². The summed E-state index contributed by atoms with van der Waals surface area (Å²) in [5, 5.41) is 22.6. The number of hydrogen-bond acceptors (Lipinski definition) is 6. The fraction of sp³-hybridized carbons (Fsp3) is 0.500. The Morgan fingerprint density at radius 2 is 1.81 bits per heavy atom. The third-order valence-electron chi connectivity index (χ3n) is 4.04. The Hall–Kier alpha value is -2.77. The van der Waals surface area contributed by atoms with Crippen molar-refractivity contribution in [2.75, 3.05) is 0 Å². The van der Waals surface area contributed by atoms with Gasteiger partial charge in [0, 0.05) is 17.2 Å². The molecule has 0 atom stereocenters. The number of nitro groups is 2. The number of hydrogen-bond donors (Lipinski definition) is 0. The molecule has 0 fully saturated rings. The maximum atomic E-state index is 11.8. The zero-order chi connectivity index (χ0) is 19.7. The van der Waals surface area contributed by atoms with E-state index in [1.165, 1.54) is 19.1 Å². The first kappa shape index (κ1) is 21.3. The molecule has 0 unspecified atom stereocenters. The minimum Gasteiger partial charge on any atom is -0.423 e. The molecule has 0 aliphatic carbocycles. The van der Waals surface area contributed by atoms with E-state index >= 15 is 0 Å². The van der Waals surface area contributed by atoms with Crippen molar-refractivity contribution in [3.05, 3.63) is 49.6 Å². The fourth-order valence-corrected chi connectivity index (χ4v) is 2.75. The van der Waals surface area contributed by atoms with Crippen molar-refractivity contribution in [1.29, 1.82) is 0 Å². The maximum Gasteiger partial charge on any atom is 0.350 e. The number of allylic oxidation sites excluding steroid dienone is 1. The molecule has 0 aliphatic heterocycles. The second kappa shape index (κ2) is 10.3. The van der Waals surface area contributed by atoms with E-state index in [1.807, 2.05) is 0 Å². The van der Waals surface area contributed by atoms with Crippen LogP contribution in [0.2, 0.25) is 0 Å². The van der Waals surface area contributed by atoms with Gasteiger partial charge in [-0.25, -0.2) is 4.79 Å². The number of unbranched alkanes of at least 4 members (excludes halogenated alkanes) is 4. The van der Waals surface area contributed by atoms with Crippen LogP contribution in [0.3, 0.4) is 0 Å². The van der Waals surface area contributed by atoms with Crippen LogP contribution in [0, 0.1) is 27.2 Å². The number of esters is 1. The molecule has 0 saturated heterocycles. The molecule has 0 aromatic heterocycles. The van der Waals surface area contributed by atoms with E-state index in [0.717, 1.165) is 38.2 Å². The summed E-state index contributed by atoms with van der Waals surface area (Å²) in [7, 11) is 0. The van der Waals surface area contributed by atoms with E-state index in [2.05, 4.69) is 6.92 Å². The summed E-state index contributed by atoms with van der Waals surface area (Å²) in [5.41, 5.74) is -0.588. The second-order valence-corrected chi connectivity index (χ2v) is 5.95. The molecule has 1 aromatic rings. The van der Waals surface area contributed by atoms with Crippen molar-refractivity contribution in [2.45, 2.75) is 59.3 Å². The number of carbonyl (C=O) groups excluding carboxylic acids is 1. The molecular formula is C18H24N2O6. The van der Waals surface area contributed by atoms with Crippen LogP contribution in [0.1, 0.15) is 57.1 Å². The fourth-order valence-electron chi connectivity index (χ4n) is 2.75. The monoisotopic (exact) mass is 364 g/mol. The maximum absolute atomic E-state index is 11.8. The van der Waals surface area contributed by atoms with Crippen molar-refractivity contribution in [2.24, 2.45) is 0 Å². The van der Waals surface area contributed by atoms with Crippen molar-refractivity contribution in [3.8, 4) is 5.75 Å². The van der Waals surface area contributed by atoms with Gasteiger partial charge in [-0.15, -0.1) is 0 Å². The average molecular weight is 364 g/mol. The lowest BCUT2D eigenvalue weighted by Gasteiger charge is -2.13. The van der Waals surface area contributed by atoms with Crippen LogP contribution >= 0.6 is 0 Å². The summed E-state index contributed by atoms with van der Waals surface area (Å²) in [4.78, 5) is 32.8. The summed E-state index contributed by atoms with van der Waals surface area (Å²) in [6, 6.07) is 0.980. The smallest absolute Gasteiger partial charge is 0.350 e. The van der Waals surface area contributed by atoms with Gasteiger partial charge in [-0.2, -0.15) is 0 Å². The van der Waals surface area contributed by atoms with E-state index in [1.54, 1.807) is 6.92 Å². The largest absolute Gasteiger partial charge is 0.423 e. The van der Waals surface area contributed by atoms with E-state index in [9.17, 15) is 25.0 Å². The zero-order valence-corrected chi connectivity index (χ0v) is 15.3. The molecule has 0 radical (unpaired) electrons. The SMILES string of the molecule is CC=CC(=O)Oc1cc([N+](=O)[O-])c([N+](=O)[O-])c(C)c1CCCCCCC.